The SMILES string of the molecule is C=CCOc1ccc([C@@H]2c3c(oc4ccc(Br)cc4c3=O)C(=O)N2c2nccs2)cc1. The Balaban J connectivity index is 1.72. The summed E-state index contributed by atoms with van der Waals surface area (Å²) in [6, 6.07) is 11.8. The number of thiazole rings is 1. The predicted octanol–water partition coefficient (Wildman–Crippen LogP) is 5.33. The molecule has 0 N–H and O–H groups in total. The molecule has 1 atom stereocenters. The normalized spacial score (nSPS) is 15.3. The number of nitrogens with zero attached hydrogens (tertiary/aromatic N) is 2. The number of carbonyl (C=O) groups excluding carboxylic acids is 1. The van der Waals surface area contributed by atoms with Crippen LogP contribution in [0.5, 0.6) is 5.75 Å². The molecule has 0 unspecified atom stereocenters. The van der Waals surface area contributed by atoms with Crippen molar-refractivity contribution in [2.45, 2.75) is 6.04 Å². The number of hydrogen-bond acceptors (Lipinski definition) is 6. The first-order valence-corrected chi connectivity index (χ1v) is 11.1. The van der Waals surface area contributed by atoms with Crippen LogP contribution in [0, 0.1) is 0 Å². The van der Waals surface area contributed by atoms with Crippen molar-refractivity contribution in [3.8, 4) is 5.75 Å². The van der Waals surface area contributed by atoms with E-state index in [0.29, 0.717) is 34.0 Å². The van der Waals surface area contributed by atoms with Gasteiger partial charge in [0.2, 0.25) is 5.76 Å². The molecule has 1 aliphatic heterocycles. The molecule has 0 radical (unpaired) electrons. The van der Waals surface area contributed by atoms with Gasteiger partial charge in [-0.25, -0.2) is 4.98 Å². The van der Waals surface area contributed by atoms with Crippen molar-refractivity contribution in [1.29, 1.82) is 0 Å². The monoisotopic (exact) mass is 494 g/mol. The fourth-order valence-corrected chi connectivity index (χ4v) is 4.72. The number of fused-ring (bicyclic) bond motifs is 2. The Bertz CT molecular complexity index is 1360. The number of anilines is 1. The molecule has 1 aliphatic rings. The van der Waals surface area contributed by atoms with Crippen LogP contribution in [0.4, 0.5) is 5.13 Å². The van der Waals surface area contributed by atoms with E-state index >= 15 is 0 Å². The lowest BCUT2D eigenvalue weighted by atomic mass is 9.98. The summed E-state index contributed by atoms with van der Waals surface area (Å²) in [6.07, 6.45) is 3.29. The van der Waals surface area contributed by atoms with Gasteiger partial charge in [0.1, 0.15) is 17.9 Å². The maximum Gasteiger partial charge on any atom is 0.297 e. The Morgan fingerprint density at radius 1 is 1.23 bits per heavy atom. The number of hydrogen-bond donors (Lipinski definition) is 0. The summed E-state index contributed by atoms with van der Waals surface area (Å²) in [7, 11) is 0. The van der Waals surface area contributed by atoms with Gasteiger partial charge >= 0.3 is 0 Å². The lowest BCUT2D eigenvalue weighted by Gasteiger charge is -2.22. The summed E-state index contributed by atoms with van der Waals surface area (Å²) < 4.78 is 12.3. The second kappa shape index (κ2) is 7.79. The van der Waals surface area contributed by atoms with Gasteiger partial charge in [0, 0.05) is 16.0 Å². The third kappa shape index (κ3) is 3.28. The Morgan fingerprint density at radius 2 is 2.03 bits per heavy atom. The quantitative estimate of drug-likeness (QED) is 0.350. The molecule has 0 saturated heterocycles. The molecule has 2 aromatic heterocycles. The van der Waals surface area contributed by atoms with Crippen LogP contribution >= 0.6 is 27.3 Å². The van der Waals surface area contributed by atoms with E-state index in [1.165, 1.54) is 16.2 Å². The van der Waals surface area contributed by atoms with E-state index in [2.05, 4.69) is 27.5 Å². The van der Waals surface area contributed by atoms with E-state index in [1.807, 2.05) is 12.1 Å². The highest BCUT2D eigenvalue weighted by Gasteiger charge is 2.44. The van der Waals surface area contributed by atoms with Crippen LogP contribution in [0.25, 0.3) is 11.0 Å². The second-order valence-electron chi connectivity index (χ2n) is 6.88. The van der Waals surface area contributed by atoms with Crippen molar-refractivity contribution in [2.24, 2.45) is 0 Å². The third-order valence-corrected chi connectivity index (χ3v) is 6.29. The van der Waals surface area contributed by atoms with Crippen LogP contribution in [0.3, 0.4) is 0 Å². The molecule has 0 spiro atoms. The van der Waals surface area contributed by atoms with Gasteiger partial charge in [-0.15, -0.1) is 11.3 Å². The smallest absolute Gasteiger partial charge is 0.297 e. The van der Waals surface area contributed by atoms with Gasteiger partial charge in [0.05, 0.1) is 17.0 Å². The molecule has 0 bridgehead atoms. The third-order valence-electron chi connectivity index (χ3n) is 5.02. The highest BCUT2D eigenvalue weighted by atomic mass is 79.9. The van der Waals surface area contributed by atoms with Crippen LogP contribution in [0.1, 0.15) is 27.7 Å². The first-order chi connectivity index (χ1) is 15.1. The molecular formula is C23H15BrN2O4S. The van der Waals surface area contributed by atoms with Gasteiger partial charge in [-0.2, -0.15) is 0 Å². The molecule has 0 saturated carbocycles. The summed E-state index contributed by atoms with van der Waals surface area (Å²) in [5.74, 6) is 0.333. The second-order valence-corrected chi connectivity index (χ2v) is 8.66. The number of carbonyl (C=O) groups is 1. The number of halogens is 1. The standard InChI is InChI=1S/C23H15BrN2O4S/c1-2-10-29-15-6-3-13(4-7-15)19-18-20(27)16-12-14(24)5-8-17(16)30-21(18)22(28)26(19)23-25-9-11-31-23/h2-9,11-12,19H,1,10H2/t19-/m1/s1. The summed E-state index contributed by atoms with van der Waals surface area (Å²) in [6.45, 7) is 4.03. The van der Waals surface area contributed by atoms with Crippen LogP contribution in [-0.2, 0) is 0 Å². The molecule has 6 nitrogen and oxygen atoms in total. The van der Waals surface area contributed by atoms with E-state index in [4.69, 9.17) is 9.15 Å². The number of amides is 1. The Kier molecular flexibility index (Phi) is 4.95. The molecule has 0 fully saturated rings. The van der Waals surface area contributed by atoms with Crippen molar-refractivity contribution in [3.05, 3.63) is 98.3 Å². The number of benzene rings is 2. The van der Waals surface area contributed by atoms with Gasteiger partial charge in [-0.3, -0.25) is 14.5 Å². The van der Waals surface area contributed by atoms with E-state index in [9.17, 15) is 9.59 Å². The molecule has 154 valence electrons. The van der Waals surface area contributed by atoms with E-state index in [-0.39, 0.29) is 17.1 Å². The minimum Gasteiger partial charge on any atom is -0.490 e. The first-order valence-electron chi connectivity index (χ1n) is 9.41. The zero-order valence-electron chi connectivity index (χ0n) is 16.1. The minimum absolute atomic E-state index is 0.0482. The minimum atomic E-state index is -0.651. The zero-order valence-corrected chi connectivity index (χ0v) is 18.5. The summed E-state index contributed by atoms with van der Waals surface area (Å²) in [5, 5.41) is 2.70. The Labute approximate surface area is 189 Å². The molecule has 5 rings (SSSR count). The van der Waals surface area contributed by atoms with Crippen LogP contribution in [0.15, 0.2) is 80.4 Å². The average Bonchev–Trinajstić information content (AvgIpc) is 3.40. The van der Waals surface area contributed by atoms with E-state index in [0.717, 1.165) is 10.0 Å². The summed E-state index contributed by atoms with van der Waals surface area (Å²) in [5.41, 5.74) is 1.20. The molecule has 31 heavy (non-hydrogen) atoms. The molecule has 2 aromatic carbocycles. The van der Waals surface area contributed by atoms with Crippen LogP contribution in [0.2, 0.25) is 0 Å². The number of ether oxygens (including phenoxy) is 1. The van der Waals surface area contributed by atoms with Crippen molar-refractivity contribution < 1.29 is 13.9 Å². The fourth-order valence-electron chi connectivity index (χ4n) is 3.69. The highest BCUT2D eigenvalue weighted by Crippen LogP contribution is 2.42. The molecule has 3 heterocycles. The van der Waals surface area contributed by atoms with E-state index in [1.54, 1.807) is 48.0 Å². The van der Waals surface area contributed by atoms with Crippen molar-refractivity contribution >= 4 is 49.3 Å². The maximum absolute atomic E-state index is 13.5. The van der Waals surface area contributed by atoms with Crippen molar-refractivity contribution in [2.75, 3.05) is 11.5 Å². The zero-order chi connectivity index (χ0) is 21.5. The van der Waals surface area contributed by atoms with Gasteiger partial charge in [-0.05, 0) is 35.9 Å². The predicted molar refractivity (Wildman–Crippen MR) is 123 cm³/mol. The number of rotatable bonds is 5. The maximum atomic E-state index is 13.5. The summed E-state index contributed by atoms with van der Waals surface area (Å²) in [4.78, 5) is 32.7. The van der Waals surface area contributed by atoms with Gasteiger partial charge in [0.15, 0.2) is 10.6 Å². The lowest BCUT2D eigenvalue weighted by Crippen LogP contribution is -2.29. The number of aromatic nitrogens is 1. The van der Waals surface area contributed by atoms with Gasteiger partial charge in [-0.1, -0.05) is 40.7 Å². The Morgan fingerprint density at radius 3 is 2.74 bits per heavy atom. The fraction of sp³-hybridized carbons (Fsp3) is 0.0870. The summed E-state index contributed by atoms with van der Waals surface area (Å²) >= 11 is 4.73. The first kappa shape index (κ1) is 19.7. The largest absolute Gasteiger partial charge is 0.490 e. The van der Waals surface area contributed by atoms with Gasteiger partial charge in [0.25, 0.3) is 5.91 Å². The van der Waals surface area contributed by atoms with Crippen molar-refractivity contribution in [1.82, 2.24) is 4.98 Å². The topological polar surface area (TPSA) is 72.6 Å². The average molecular weight is 495 g/mol. The molecular weight excluding hydrogens is 480 g/mol. The van der Waals surface area contributed by atoms with Crippen LogP contribution < -0.4 is 15.1 Å². The van der Waals surface area contributed by atoms with Crippen LogP contribution in [-0.4, -0.2) is 17.5 Å². The molecule has 0 aliphatic carbocycles. The van der Waals surface area contributed by atoms with Crippen molar-refractivity contribution in [3.63, 3.8) is 0 Å². The lowest BCUT2D eigenvalue weighted by molar-refractivity contribution is 0.0971. The highest BCUT2D eigenvalue weighted by molar-refractivity contribution is 9.10. The molecule has 4 aromatic rings. The van der Waals surface area contributed by atoms with E-state index < -0.39 is 6.04 Å². The Hall–Kier alpha value is -3.23. The molecule has 8 heteroatoms. The molecule has 1 amide bonds. The van der Waals surface area contributed by atoms with Gasteiger partial charge < -0.3 is 9.15 Å².